The van der Waals surface area contributed by atoms with Crippen molar-refractivity contribution < 1.29 is 18.4 Å². The van der Waals surface area contributed by atoms with Gasteiger partial charge in [0.2, 0.25) is 5.78 Å². The van der Waals surface area contributed by atoms with Gasteiger partial charge in [-0.2, -0.15) is 8.78 Å². The van der Waals surface area contributed by atoms with Gasteiger partial charge in [-0.3, -0.25) is 9.59 Å². The fourth-order valence-corrected chi connectivity index (χ4v) is 2.19. The highest BCUT2D eigenvalue weighted by molar-refractivity contribution is 5.85. The smallest absolute Gasteiger partial charge is 0.300 e. The van der Waals surface area contributed by atoms with Gasteiger partial charge in [0.25, 0.3) is 0 Å². The lowest BCUT2D eigenvalue weighted by atomic mass is 9.96. The number of alkyl halides is 2. The molecule has 1 atom stereocenters. The van der Waals surface area contributed by atoms with E-state index in [9.17, 15) is 18.4 Å². The van der Waals surface area contributed by atoms with E-state index in [0.717, 1.165) is 6.42 Å². The SMILES string of the molecule is CCCCC(F)(F)C(=O)CCC1CCC(=O)C1. The van der Waals surface area contributed by atoms with Crippen LogP contribution in [0.2, 0.25) is 0 Å². The summed E-state index contributed by atoms with van der Waals surface area (Å²) in [6, 6.07) is 0. The van der Waals surface area contributed by atoms with Crippen molar-refractivity contribution in [2.45, 2.75) is 64.2 Å². The van der Waals surface area contributed by atoms with E-state index >= 15 is 0 Å². The van der Waals surface area contributed by atoms with Gasteiger partial charge < -0.3 is 0 Å². The van der Waals surface area contributed by atoms with E-state index in [1.54, 1.807) is 0 Å². The number of carbonyl (C=O) groups is 2. The van der Waals surface area contributed by atoms with E-state index in [4.69, 9.17) is 0 Å². The summed E-state index contributed by atoms with van der Waals surface area (Å²) >= 11 is 0. The second-order valence-electron chi connectivity index (χ2n) is 4.92. The van der Waals surface area contributed by atoms with Crippen LogP contribution >= 0.6 is 0 Å². The standard InChI is InChI=1S/C13H20F2O2/c1-2-3-8-13(14,15)12(17)7-5-10-4-6-11(16)9-10/h10H,2-9H2,1H3. The van der Waals surface area contributed by atoms with Crippen LogP contribution in [0.15, 0.2) is 0 Å². The Labute approximate surface area is 101 Å². The third-order valence-electron chi connectivity index (χ3n) is 3.38. The predicted octanol–water partition coefficient (Wildman–Crippen LogP) is 3.53. The van der Waals surface area contributed by atoms with Crippen LogP contribution in [0, 0.1) is 5.92 Å². The highest BCUT2D eigenvalue weighted by Gasteiger charge is 2.37. The predicted molar refractivity (Wildman–Crippen MR) is 61.1 cm³/mol. The van der Waals surface area contributed by atoms with Crippen molar-refractivity contribution >= 4 is 11.6 Å². The second kappa shape index (κ2) is 6.22. The van der Waals surface area contributed by atoms with Crippen molar-refractivity contribution in [3.05, 3.63) is 0 Å². The molecule has 0 aliphatic heterocycles. The number of rotatable bonds is 7. The lowest BCUT2D eigenvalue weighted by molar-refractivity contribution is -0.144. The molecule has 1 aliphatic rings. The number of Topliss-reactive ketones (excluding diaryl/α,β-unsaturated/α-hetero) is 2. The average molecular weight is 246 g/mol. The molecule has 0 amide bonds. The highest BCUT2D eigenvalue weighted by atomic mass is 19.3. The van der Waals surface area contributed by atoms with Crippen LogP contribution in [0.25, 0.3) is 0 Å². The normalized spacial score (nSPS) is 20.9. The Morgan fingerprint density at radius 3 is 2.71 bits per heavy atom. The Morgan fingerprint density at radius 2 is 2.18 bits per heavy atom. The van der Waals surface area contributed by atoms with Crippen molar-refractivity contribution in [3.63, 3.8) is 0 Å². The van der Waals surface area contributed by atoms with Crippen molar-refractivity contribution in [2.24, 2.45) is 5.92 Å². The molecule has 1 unspecified atom stereocenters. The van der Waals surface area contributed by atoms with Gasteiger partial charge in [-0.15, -0.1) is 0 Å². The summed E-state index contributed by atoms with van der Waals surface area (Å²) in [5.41, 5.74) is 0. The maximum atomic E-state index is 13.3. The van der Waals surface area contributed by atoms with Gasteiger partial charge in [0.15, 0.2) is 0 Å². The molecule has 0 bridgehead atoms. The first kappa shape index (κ1) is 14.3. The minimum absolute atomic E-state index is 0.0886. The van der Waals surface area contributed by atoms with Gasteiger partial charge in [-0.05, 0) is 25.2 Å². The summed E-state index contributed by atoms with van der Waals surface area (Å²) in [4.78, 5) is 22.4. The lowest BCUT2D eigenvalue weighted by Gasteiger charge is -2.15. The zero-order chi connectivity index (χ0) is 12.9. The third-order valence-corrected chi connectivity index (χ3v) is 3.38. The molecule has 1 saturated carbocycles. The Kier molecular flexibility index (Phi) is 5.22. The Morgan fingerprint density at radius 1 is 1.47 bits per heavy atom. The fourth-order valence-electron chi connectivity index (χ4n) is 2.19. The molecular weight excluding hydrogens is 226 g/mol. The maximum absolute atomic E-state index is 13.3. The Hall–Kier alpha value is -0.800. The molecule has 0 aromatic heterocycles. The molecule has 2 nitrogen and oxygen atoms in total. The first-order chi connectivity index (χ1) is 7.95. The number of unbranched alkanes of at least 4 members (excludes halogenated alkanes) is 1. The van der Waals surface area contributed by atoms with Crippen molar-refractivity contribution in [2.75, 3.05) is 0 Å². The molecule has 98 valence electrons. The molecule has 0 N–H and O–H groups in total. The molecule has 4 heteroatoms. The van der Waals surface area contributed by atoms with E-state index < -0.39 is 11.7 Å². The summed E-state index contributed by atoms with van der Waals surface area (Å²) in [7, 11) is 0. The van der Waals surface area contributed by atoms with Crippen LogP contribution in [0.4, 0.5) is 8.78 Å². The van der Waals surface area contributed by atoms with Crippen LogP contribution in [-0.2, 0) is 9.59 Å². The molecular formula is C13H20F2O2. The Balaban J connectivity index is 2.30. The summed E-state index contributed by atoms with van der Waals surface area (Å²) < 4.78 is 26.7. The molecule has 0 spiro atoms. The molecule has 0 aromatic rings. The Bertz CT molecular complexity index is 287. The molecule has 0 saturated heterocycles. The monoisotopic (exact) mass is 246 g/mol. The van der Waals surface area contributed by atoms with Gasteiger partial charge in [0.1, 0.15) is 5.78 Å². The van der Waals surface area contributed by atoms with E-state index in [2.05, 4.69) is 0 Å². The molecule has 1 rings (SSSR count). The van der Waals surface area contributed by atoms with E-state index in [1.165, 1.54) is 0 Å². The number of hydrogen-bond donors (Lipinski definition) is 0. The van der Waals surface area contributed by atoms with Crippen molar-refractivity contribution in [3.8, 4) is 0 Å². The second-order valence-corrected chi connectivity index (χ2v) is 4.92. The molecule has 1 aliphatic carbocycles. The van der Waals surface area contributed by atoms with Gasteiger partial charge >= 0.3 is 5.92 Å². The zero-order valence-corrected chi connectivity index (χ0v) is 10.3. The summed E-state index contributed by atoms with van der Waals surface area (Å²) in [5.74, 6) is -3.78. The lowest BCUT2D eigenvalue weighted by Crippen LogP contribution is -2.28. The highest BCUT2D eigenvalue weighted by Crippen LogP contribution is 2.29. The number of ketones is 2. The van der Waals surface area contributed by atoms with E-state index in [1.807, 2.05) is 6.92 Å². The van der Waals surface area contributed by atoms with Crippen LogP contribution < -0.4 is 0 Å². The fraction of sp³-hybridized carbons (Fsp3) is 0.846. The van der Waals surface area contributed by atoms with Crippen LogP contribution in [-0.4, -0.2) is 17.5 Å². The summed E-state index contributed by atoms with van der Waals surface area (Å²) in [6.07, 6.45) is 2.82. The van der Waals surface area contributed by atoms with Gasteiger partial charge in [0.05, 0.1) is 0 Å². The zero-order valence-electron chi connectivity index (χ0n) is 10.3. The van der Waals surface area contributed by atoms with Gasteiger partial charge in [-0.1, -0.05) is 13.3 Å². The van der Waals surface area contributed by atoms with E-state index in [0.29, 0.717) is 32.1 Å². The average Bonchev–Trinajstić information content (AvgIpc) is 2.69. The number of hydrogen-bond acceptors (Lipinski definition) is 2. The summed E-state index contributed by atoms with van der Waals surface area (Å²) in [6.45, 7) is 1.82. The molecule has 0 radical (unpaired) electrons. The maximum Gasteiger partial charge on any atom is 0.305 e. The molecule has 0 aromatic carbocycles. The number of halogens is 2. The molecule has 1 fully saturated rings. The minimum Gasteiger partial charge on any atom is -0.300 e. The molecule has 17 heavy (non-hydrogen) atoms. The van der Waals surface area contributed by atoms with E-state index in [-0.39, 0.29) is 24.5 Å². The van der Waals surface area contributed by atoms with Crippen molar-refractivity contribution in [1.29, 1.82) is 0 Å². The van der Waals surface area contributed by atoms with Crippen molar-refractivity contribution in [1.82, 2.24) is 0 Å². The quantitative estimate of drug-likeness (QED) is 0.688. The van der Waals surface area contributed by atoms with Crippen LogP contribution in [0.1, 0.15) is 58.3 Å². The third kappa shape index (κ3) is 4.52. The first-order valence-electron chi connectivity index (χ1n) is 6.38. The van der Waals surface area contributed by atoms with Gasteiger partial charge in [-0.25, -0.2) is 0 Å². The van der Waals surface area contributed by atoms with Gasteiger partial charge in [0, 0.05) is 25.7 Å². The summed E-state index contributed by atoms with van der Waals surface area (Å²) in [5, 5.41) is 0. The minimum atomic E-state index is -3.17. The topological polar surface area (TPSA) is 34.1 Å². The van der Waals surface area contributed by atoms with Crippen LogP contribution in [0.5, 0.6) is 0 Å². The molecule has 0 heterocycles. The number of carbonyl (C=O) groups excluding carboxylic acids is 2. The van der Waals surface area contributed by atoms with Crippen LogP contribution in [0.3, 0.4) is 0 Å². The largest absolute Gasteiger partial charge is 0.305 e. The first-order valence-corrected chi connectivity index (χ1v) is 6.38.